The maximum absolute atomic E-state index is 12.3. The molecular formula is C20H21ClN4O3. The van der Waals surface area contributed by atoms with Crippen LogP contribution in [0.4, 0.5) is 5.69 Å². The molecule has 1 aromatic heterocycles. The average molecular weight is 401 g/mol. The van der Waals surface area contributed by atoms with Gasteiger partial charge in [-0.25, -0.2) is 4.79 Å². The van der Waals surface area contributed by atoms with E-state index in [4.69, 9.17) is 16.0 Å². The fourth-order valence-corrected chi connectivity index (χ4v) is 3.52. The van der Waals surface area contributed by atoms with Gasteiger partial charge < -0.3 is 14.6 Å². The van der Waals surface area contributed by atoms with Crippen LogP contribution in [0.2, 0.25) is 5.02 Å². The van der Waals surface area contributed by atoms with E-state index in [2.05, 4.69) is 20.1 Å². The number of benzene rings is 2. The van der Waals surface area contributed by atoms with Crippen molar-refractivity contribution in [3.05, 3.63) is 63.6 Å². The van der Waals surface area contributed by atoms with Gasteiger partial charge in [-0.3, -0.25) is 14.7 Å². The molecular weight excluding hydrogens is 380 g/mol. The smallest absolute Gasteiger partial charge is 0.408 e. The van der Waals surface area contributed by atoms with Gasteiger partial charge in [0.25, 0.3) is 5.91 Å². The van der Waals surface area contributed by atoms with Crippen molar-refractivity contribution in [3.8, 4) is 0 Å². The predicted molar refractivity (Wildman–Crippen MR) is 109 cm³/mol. The third-order valence-electron chi connectivity index (χ3n) is 4.96. The highest BCUT2D eigenvalue weighted by Gasteiger charge is 2.17. The molecule has 0 saturated carbocycles. The number of H-pyrrole nitrogens is 1. The molecule has 8 heteroatoms. The summed E-state index contributed by atoms with van der Waals surface area (Å²) in [5, 5.41) is 3.67. The second-order valence-electron chi connectivity index (χ2n) is 6.79. The van der Waals surface area contributed by atoms with Gasteiger partial charge in [0.1, 0.15) is 0 Å². The number of nitrogens with one attached hydrogen (secondary N) is 2. The Kier molecular flexibility index (Phi) is 5.36. The van der Waals surface area contributed by atoms with E-state index in [1.165, 1.54) is 5.69 Å². The summed E-state index contributed by atoms with van der Waals surface area (Å²) in [6.45, 7) is 5.13. The zero-order valence-corrected chi connectivity index (χ0v) is 16.0. The molecule has 1 amide bonds. The highest BCUT2D eigenvalue weighted by Crippen LogP contribution is 2.19. The van der Waals surface area contributed by atoms with Crippen molar-refractivity contribution in [1.82, 2.24) is 15.2 Å². The fourth-order valence-electron chi connectivity index (χ4n) is 3.40. The minimum Gasteiger partial charge on any atom is -0.408 e. The second kappa shape index (κ2) is 8.08. The summed E-state index contributed by atoms with van der Waals surface area (Å²) in [7, 11) is 0. The first-order valence-electron chi connectivity index (χ1n) is 9.22. The molecule has 3 aromatic rings. The van der Waals surface area contributed by atoms with Crippen molar-refractivity contribution in [1.29, 1.82) is 0 Å². The average Bonchev–Trinajstić information content (AvgIpc) is 3.08. The minimum atomic E-state index is -0.523. The van der Waals surface area contributed by atoms with Gasteiger partial charge in [0.15, 0.2) is 5.58 Å². The van der Waals surface area contributed by atoms with Crippen molar-refractivity contribution in [2.45, 2.75) is 0 Å². The molecule has 1 fully saturated rings. The van der Waals surface area contributed by atoms with E-state index in [0.717, 1.165) is 37.7 Å². The van der Waals surface area contributed by atoms with Crippen LogP contribution in [0.25, 0.3) is 11.1 Å². The van der Waals surface area contributed by atoms with Crippen LogP contribution < -0.4 is 16.0 Å². The summed E-state index contributed by atoms with van der Waals surface area (Å²) >= 11 is 5.95. The molecule has 4 rings (SSSR count). The van der Waals surface area contributed by atoms with Gasteiger partial charge in [-0.15, -0.1) is 0 Å². The molecule has 1 saturated heterocycles. The molecule has 0 unspecified atom stereocenters. The van der Waals surface area contributed by atoms with Gasteiger partial charge in [-0.05, 0) is 42.5 Å². The zero-order chi connectivity index (χ0) is 19.5. The zero-order valence-electron chi connectivity index (χ0n) is 15.3. The highest BCUT2D eigenvalue weighted by molar-refractivity contribution is 6.30. The Hall–Kier alpha value is -2.77. The molecule has 0 radical (unpaired) electrons. The Morgan fingerprint density at radius 3 is 2.61 bits per heavy atom. The number of carbonyl (C=O) groups excluding carboxylic acids is 1. The number of fused-ring (bicyclic) bond motifs is 1. The van der Waals surface area contributed by atoms with Crippen molar-refractivity contribution in [2.75, 3.05) is 44.2 Å². The lowest BCUT2D eigenvalue weighted by atomic mass is 10.2. The number of anilines is 1. The maximum Gasteiger partial charge on any atom is 0.417 e. The number of aromatic nitrogens is 1. The van der Waals surface area contributed by atoms with Crippen LogP contribution in [-0.4, -0.2) is 55.1 Å². The number of hydrogen-bond acceptors (Lipinski definition) is 5. The first-order chi connectivity index (χ1) is 13.6. The lowest BCUT2D eigenvalue weighted by molar-refractivity contribution is 0.0948. The summed E-state index contributed by atoms with van der Waals surface area (Å²) in [5.41, 5.74) is 2.63. The highest BCUT2D eigenvalue weighted by atomic mass is 35.5. The Balaban J connectivity index is 1.24. The molecule has 1 aliphatic heterocycles. The van der Waals surface area contributed by atoms with Crippen LogP contribution in [-0.2, 0) is 0 Å². The third-order valence-corrected chi connectivity index (χ3v) is 5.21. The van der Waals surface area contributed by atoms with E-state index < -0.39 is 5.76 Å². The van der Waals surface area contributed by atoms with E-state index in [9.17, 15) is 9.59 Å². The van der Waals surface area contributed by atoms with Crippen molar-refractivity contribution < 1.29 is 9.21 Å². The number of hydrogen-bond donors (Lipinski definition) is 2. The second-order valence-corrected chi connectivity index (χ2v) is 7.22. The number of piperazine rings is 1. The molecule has 0 bridgehead atoms. The van der Waals surface area contributed by atoms with Gasteiger partial charge in [0.05, 0.1) is 5.52 Å². The number of rotatable bonds is 5. The summed E-state index contributed by atoms with van der Waals surface area (Å²) in [6.07, 6.45) is 0. The number of amides is 1. The molecule has 2 aromatic carbocycles. The van der Waals surface area contributed by atoms with Crippen LogP contribution in [0, 0.1) is 0 Å². The number of oxazole rings is 1. The van der Waals surface area contributed by atoms with E-state index in [-0.39, 0.29) is 5.91 Å². The summed E-state index contributed by atoms with van der Waals surface area (Å²) in [6, 6.07) is 12.8. The van der Waals surface area contributed by atoms with E-state index in [1.807, 2.05) is 24.3 Å². The molecule has 0 spiro atoms. The molecule has 1 aliphatic rings. The quantitative estimate of drug-likeness (QED) is 0.687. The van der Waals surface area contributed by atoms with Crippen LogP contribution in [0.1, 0.15) is 10.4 Å². The number of aromatic amines is 1. The molecule has 28 heavy (non-hydrogen) atoms. The van der Waals surface area contributed by atoms with Gasteiger partial charge in [-0.1, -0.05) is 11.6 Å². The molecule has 0 atom stereocenters. The third kappa shape index (κ3) is 4.21. The fraction of sp³-hybridized carbons (Fsp3) is 0.300. The normalized spacial score (nSPS) is 15.1. The SMILES string of the molecule is O=C(NCCN1CCN(c2ccc(Cl)cc2)CC1)c1ccc2[nH]c(=O)oc2c1. The predicted octanol–water partition coefficient (Wildman–Crippen LogP) is 2.33. The number of nitrogens with zero attached hydrogens (tertiary/aromatic N) is 2. The summed E-state index contributed by atoms with van der Waals surface area (Å²) < 4.78 is 5.00. The Bertz CT molecular complexity index is 1020. The van der Waals surface area contributed by atoms with Crippen LogP contribution in [0.3, 0.4) is 0 Å². The molecule has 2 heterocycles. The molecule has 2 N–H and O–H groups in total. The van der Waals surface area contributed by atoms with E-state index in [0.29, 0.717) is 23.2 Å². The van der Waals surface area contributed by atoms with Crippen LogP contribution in [0.5, 0.6) is 0 Å². The van der Waals surface area contributed by atoms with Crippen LogP contribution >= 0.6 is 11.6 Å². The van der Waals surface area contributed by atoms with Gasteiger partial charge >= 0.3 is 5.76 Å². The van der Waals surface area contributed by atoms with Crippen molar-refractivity contribution >= 4 is 34.3 Å². The molecule has 7 nitrogen and oxygen atoms in total. The van der Waals surface area contributed by atoms with E-state index >= 15 is 0 Å². The Morgan fingerprint density at radius 1 is 1.11 bits per heavy atom. The van der Waals surface area contributed by atoms with Crippen LogP contribution in [0.15, 0.2) is 51.7 Å². The van der Waals surface area contributed by atoms with Gasteiger partial charge in [0.2, 0.25) is 0 Å². The lowest BCUT2D eigenvalue weighted by Crippen LogP contribution is -2.48. The maximum atomic E-state index is 12.3. The van der Waals surface area contributed by atoms with E-state index in [1.54, 1.807) is 18.2 Å². The molecule has 146 valence electrons. The molecule has 0 aliphatic carbocycles. The first kappa shape index (κ1) is 18.6. The largest absolute Gasteiger partial charge is 0.417 e. The minimum absolute atomic E-state index is 0.175. The monoisotopic (exact) mass is 400 g/mol. The van der Waals surface area contributed by atoms with Gasteiger partial charge in [-0.2, -0.15) is 0 Å². The standard InChI is InChI=1S/C20H21ClN4O3/c21-15-2-4-16(5-3-15)25-11-9-24(10-12-25)8-7-22-19(26)14-1-6-17-18(13-14)28-20(27)23-17/h1-6,13H,7-12H2,(H,22,26)(H,23,27). The van der Waals surface area contributed by atoms with Crippen molar-refractivity contribution in [2.24, 2.45) is 0 Å². The number of carbonyl (C=O) groups is 1. The summed E-state index contributed by atoms with van der Waals surface area (Å²) in [5.74, 6) is -0.698. The number of halogens is 1. The topological polar surface area (TPSA) is 81.6 Å². The lowest BCUT2D eigenvalue weighted by Gasteiger charge is -2.36. The van der Waals surface area contributed by atoms with Crippen molar-refractivity contribution in [3.63, 3.8) is 0 Å². The Morgan fingerprint density at radius 2 is 1.86 bits per heavy atom. The summed E-state index contributed by atoms with van der Waals surface area (Å²) in [4.78, 5) is 30.8. The Labute approximate surface area is 166 Å². The first-order valence-corrected chi connectivity index (χ1v) is 9.60. The van der Waals surface area contributed by atoms with Gasteiger partial charge in [0, 0.05) is 55.5 Å².